The Labute approximate surface area is 115 Å². The van der Waals surface area contributed by atoms with E-state index in [9.17, 15) is 0 Å². The van der Waals surface area contributed by atoms with Gasteiger partial charge in [0.1, 0.15) is 11.5 Å². The second-order valence-corrected chi connectivity index (χ2v) is 4.72. The standard InChI is InChI=1S/C9H12O.C8H10O/c1-7-4-5-9(10-3)6-8(7)2;1-6-3-4-8(9)5-7(6)2/h4-6H,1-3H3;3-5,9H,1-2H3. The van der Waals surface area contributed by atoms with Crippen LogP contribution in [0.2, 0.25) is 0 Å². The lowest BCUT2D eigenvalue weighted by atomic mass is 10.1. The fourth-order valence-electron chi connectivity index (χ4n) is 1.57. The van der Waals surface area contributed by atoms with Crippen LogP contribution in [-0.4, -0.2) is 12.2 Å². The van der Waals surface area contributed by atoms with Crippen LogP contribution in [0.4, 0.5) is 0 Å². The lowest BCUT2D eigenvalue weighted by molar-refractivity contribution is 0.414. The normalized spacial score (nSPS) is 9.53. The van der Waals surface area contributed by atoms with Gasteiger partial charge in [-0.2, -0.15) is 0 Å². The van der Waals surface area contributed by atoms with E-state index in [1.165, 1.54) is 16.7 Å². The molecule has 0 aliphatic carbocycles. The largest absolute Gasteiger partial charge is 0.508 e. The van der Waals surface area contributed by atoms with Crippen molar-refractivity contribution in [3.8, 4) is 11.5 Å². The van der Waals surface area contributed by atoms with Gasteiger partial charge in [0.05, 0.1) is 7.11 Å². The minimum Gasteiger partial charge on any atom is -0.508 e. The first kappa shape index (κ1) is 15.1. The van der Waals surface area contributed by atoms with Gasteiger partial charge in [0.2, 0.25) is 0 Å². The topological polar surface area (TPSA) is 29.5 Å². The number of ether oxygens (including phenoxy) is 1. The van der Waals surface area contributed by atoms with Crippen LogP contribution in [0, 0.1) is 27.7 Å². The maximum absolute atomic E-state index is 8.94. The van der Waals surface area contributed by atoms with Gasteiger partial charge in [-0.3, -0.25) is 0 Å². The highest BCUT2D eigenvalue weighted by Crippen LogP contribution is 2.15. The first-order chi connectivity index (χ1) is 8.93. The first-order valence-corrected chi connectivity index (χ1v) is 6.31. The Morgan fingerprint density at radius 1 is 0.737 bits per heavy atom. The Morgan fingerprint density at radius 2 is 1.26 bits per heavy atom. The molecule has 102 valence electrons. The molecule has 0 aliphatic rings. The zero-order chi connectivity index (χ0) is 14.4. The summed E-state index contributed by atoms with van der Waals surface area (Å²) in [7, 11) is 1.68. The zero-order valence-electron chi connectivity index (χ0n) is 12.3. The van der Waals surface area contributed by atoms with Crippen molar-refractivity contribution in [2.24, 2.45) is 0 Å². The molecule has 0 radical (unpaired) electrons. The molecular formula is C17H22O2. The number of aryl methyl sites for hydroxylation is 4. The van der Waals surface area contributed by atoms with E-state index in [4.69, 9.17) is 9.84 Å². The van der Waals surface area contributed by atoms with Crippen LogP contribution in [0.15, 0.2) is 36.4 Å². The van der Waals surface area contributed by atoms with Crippen molar-refractivity contribution in [3.05, 3.63) is 58.7 Å². The molecule has 0 spiro atoms. The van der Waals surface area contributed by atoms with Crippen molar-refractivity contribution in [2.75, 3.05) is 7.11 Å². The summed E-state index contributed by atoms with van der Waals surface area (Å²) in [6, 6.07) is 11.4. The monoisotopic (exact) mass is 258 g/mol. The number of benzene rings is 2. The van der Waals surface area contributed by atoms with Crippen LogP contribution >= 0.6 is 0 Å². The summed E-state index contributed by atoms with van der Waals surface area (Å²) in [5, 5.41) is 8.94. The van der Waals surface area contributed by atoms with Gasteiger partial charge < -0.3 is 9.84 Å². The Balaban J connectivity index is 0.000000191. The molecule has 0 fully saturated rings. The molecule has 0 bridgehead atoms. The van der Waals surface area contributed by atoms with E-state index in [1.54, 1.807) is 19.2 Å². The van der Waals surface area contributed by atoms with Crippen molar-refractivity contribution < 1.29 is 9.84 Å². The first-order valence-electron chi connectivity index (χ1n) is 6.31. The highest BCUT2D eigenvalue weighted by atomic mass is 16.5. The van der Waals surface area contributed by atoms with E-state index < -0.39 is 0 Å². The zero-order valence-corrected chi connectivity index (χ0v) is 12.3. The smallest absolute Gasteiger partial charge is 0.119 e. The van der Waals surface area contributed by atoms with Gasteiger partial charge in [-0.15, -0.1) is 0 Å². The molecule has 0 heterocycles. The molecule has 0 atom stereocenters. The maximum Gasteiger partial charge on any atom is 0.119 e. The highest BCUT2D eigenvalue weighted by molar-refractivity contribution is 5.33. The highest BCUT2D eigenvalue weighted by Gasteiger charge is 1.93. The number of hydrogen-bond acceptors (Lipinski definition) is 2. The molecule has 2 aromatic carbocycles. The van der Waals surface area contributed by atoms with E-state index >= 15 is 0 Å². The Bertz CT molecular complexity index is 545. The van der Waals surface area contributed by atoms with Crippen LogP contribution in [0.3, 0.4) is 0 Å². The quantitative estimate of drug-likeness (QED) is 0.825. The summed E-state index contributed by atoms with van der Waals surface area (Å²) < 4.78 is 5.05. The van der Waals surface area contributed by atoms with Crippen LogP contribution in [0.5, 0.6) is 11.5 Å². The third-order valence-corrected chi connectivity index (χ3v) is 3.20. The summed E-state index contributed by atoms with van der Waals surface area (Å²) in [6.45, 7) is 8.18. The van der Waals surface area contributed by atoms with E-state index in [-0.39, 0.29) is 0 Å². The molecular weight excluding hydrogens is 236 g/mol. The molecule has 1 N–H and O–H groups in total. The van der Waals surface area contributed by atoms with Crippen molar-refractivity contribution in [1.82, 2.24) is 0 Å². The molecule has 19 heavy (non-hydrogen) atoms. The molecule has 0 saturated heterocycles. The van der Waals surface area contributed by atoms with Gasteiger partial charge in [0.25, 0.3) is 0 Å². The number of rotatable bonds is 1. The fourth-order valence-corrected chi connectivity index (χ4v) is 1.57. The Morgan fingerprint density at radius 3 is 1.68 bits per heavy atom. The molecule has 0 aromatic heterocycles. The van der Waals surface area contributed by atoms with Crippen LogP contribution < -0.4 is 4.74 Å². The third-order valence-electron chi connectivity index (χ3n) is 3.20. The Hall–Kier alpha value is -1.96. The van der Waals surface area contributed by atoms with Gasteiger partial charge in [-0.1, -0.05) is 12.1 Å². The van der Waals surface area contributed by atoms with Crippen LogP contribution in [0.25, 0.3) is 0 Å². The lowest BCUT2D eigenvalue weighted by Gasteiger charge is -2.02. The minimum absolute atomic E-state index is 0.345. The molecule has 2 aromatic rings. The van der Waals surface area contributed by atoms with Gasteiger partial charge in [-0.05, 0) is 74.2 Å². The molecule has 0 amide bonds. The predicted molar refractivity (Wildman–Crippen MR) is 80.0 cm³/mol. The molecule has 2 rings (SSSR count). The number of aromatic hydroxyl groups is 1. The van der Waals surface area contributed by atoms with Crippen molar-refractivity contribution in [3.63, 3.8) is 0 Å². The van der Waals surface area contributed by atoms with E-state index in [0.717, 1.165) is 11.3 Å². The van der Waals surface area contributed by atoms with Gasteiger partial charge in [0.15, 0.2) is 0 Å². The van der Waals surface area contributed by atoms with Gasteiger partial charge >= 0.3 is 0 Å². The third kappa shape index (κ3) is 4.66. The van der Waals surface area contributed by atoms with Crippen LogP contribution in [-0.2, 0) is 0 Å². The second kappa shape index (κ2) is 6.83. The number of hydrogen-bond donors (Lipinski definition) is 1. The molecule has 0 aliphatic heterocycles. The maximum atomic E-state index is 8.94. The average molecular weight is 258 g/mol. The van der Waals surface area contributed by atoms with Crippen LogP contribution in [0.1, 0.15) is 22.3 Å². The summed E-state index contributed by atoms with van der Waals surface area (Å²) in [5.74, 6) is 1.28. The summed E-state index contributed by atoms with van der Waals surface area (Å²) in [5.41, 5.74) is 4.93. The fraction of sp³-hybridized carbons (Fsp3) is 0.294. The average Bonchev–Trinajstić information content (AvgIpc) is 2.38. The minimum atomic E-state index is 0.345. The van der Waals surface area contributed by atoms with E-state index in [0.29, 0.717) is 5.75 Å². The molecule has 0 saturated carbocycles. The van der Waals surface area contributed by atoms with Crippen molar-refractivity contribution >= 4 is 0 Å². The van der Waals surface area contributed by atoms with Gasteiger partial charge in [-0.25, -0.2) is 0 Å². The van der Waals surface area contributed by atoms with Gasteiger partial charge in [0, 0.05) is 0 Å². The number of methoxy groups -OCH3 is 1. The summed E-state index contributed by atoms with van der Waals surface area (Å²) >= 11 is 0. The van der Waals surface area contributed by atoms with Crippen molar-refractivity contribution in [2.45, 2.75) is 27.7 Å². The molecule has 0 unspecified atom stereocenters. The van der Waals surface area contributed by atoms with Crippen molar-refractivity contribution in [1.29, 1.82) is 0 Å². The summed E-state index contributed by atoms with van der Waals surface area (Å²) in [4.78, 5) is 0. The predicted octanol–water partition coefficient (Wildman–Crippen LogP) is 4.32. The lowest BCUT2D eigenvalue weighted by Crippen LogP contribution is -1.85. The van der Waals surface area contributed by atoms with E-state index in [1.807, 2.05) is 32.0 Å². The summed E-state index contributed by atoms with van der Waals surface area (Å²) in [6.07, 6.45) is 0. The van der Waals surface area contributed by atoms with E-state index in [2.05, 4.69) is 19.9 Å². The SMILES string of the molecule is COc1ccc(C)c(C)c1.Cc1ccc(O)cc1C. The Kier molecular flexibility index (Phi) is 5.43. The molecule has 2 heteroatoms. The molecule has 2 nitrogen and oxygen atoms in total. The second-order valence-electron chi connectivity index (χ2n) is 4.72. The number of phenols is 1. The number of phenolic OH excluding ortho intramolecular Hbond substituents is 1.